The van der Waals surface area contributed by atoms with Crippen molar-refractivity contribution in [2.24, 2.45) is 0 Å². The van der Waals surface area contributed by atoms with E-state index >= 15 is 0 Å². The lowest BCUT2D eigenvalue weighted by atomic mass is 9.83. The molecule has 0 spiro atoms. The van der Waals surface area contributed by atoms with E-state index in [1.54, 1.807) is 4.68 Å². The number of ether oxygens (including phenoxy) is 1. The van der Waals surface area contributed by atoms with Gasteiger partial charge in [-0.3, -0.25) is 0 Å². The van der Waals surface area contributed by atoms with Gasteiger partial charge in [-0.15, -0.1) is 0 Å². The Kier molecular flexibility index (Phi) is 3.61. The highest BCUT2D eigenvalue weighted by Crippen LogP contribution is 2.40. The van der Waals surface area contributed by atoms with Crippen LogP contribution in [0.4, 0.5) is 13.2 Å². The van der Waals surface area contributed by atoms with Crippen LogP contribution in [0.5, 0.6) is 5.75 Å². The van der Waals surface area contributed by atoms with Crippen LogP contribution in [0.15, 0.2) is 36.5 Å². The lowest BCUT2D eigenvalue weighted by molar-refractivity contribution is -0.153. The number of hydrogen-bond acceptors (Lipinski definition) is 2. The molecule has 1 aliphatic carbocycles. The fraction of sp³-hybridized carbons (Fsp3) is 0.400. The molecule has 1 saturated carbocycles. The molecule has 0 saturated heterocycles. The second kappa shape index (κ2) is 5.42. The molecule has 1 fully saturated rings. The summed E-state index contributed by atoms with van der Waals surface area (Å²) in [5, 5.41) is 4.43. The lowest BCUT2D eigenvalue weighted by Crippen LogP contribution is -2.20. The van der Waals surface area contributed by atoms with Crippen LogP contribution in [0.25, 0.3) is 5.69 Å². The standard InChI is InChI=1S/C15H15F3N2O/c16-15(17,18)10-21-13-9-20(12-7-2-1-3-8-12)19-14(13)11-5-4-6-11/h1-3,7-9,11H,4-6,10H2. The van der Waals surface area contributed by atoms with Gasteiger partial charge in [-0.25, -0.2) is 4.68 Å². The van der Waals surface area contributed by atoms with E-state index in [2.05, 4.69) is 5.10 Å². The quantitative estimate of drug-likeness (QED) is 0.850. The Morgan fingerprint density at radius 1 is 1.19 bits per heavy atom. The smallest absolute Gasteiger partial charge is 0.422 e. The number of nitrogens with zero attached hydrogens (tertiary/aromatic N) is 2. The first-order valence-electron chi connectivity index (χ1n) is 6.87. The first-order chi connectivity index (χ1) is 10.0. The van der Waals surface area contributed by atoms with Crippen LogP contribution in [-0.2, 0) is 0 Å². The minimum Gasteiger partial charge on any atom is -0.481 e. The topological polar surface area (TPSA) is 27.1 Å². The average Bonchev–Trinajstić information content (AvgIpc) is 2.79. The highest BCUT2D eigenvalue weighted by atomic mass is 19.4. The summed E-state index contributed by atoms with van der Waals surface area (Å²) in [6.07, 6.45) is 0.185. The summed E-state index contributed by atoms with van der Waals surface area (Å²) in [5.41, 5.74) is 1.44. The van der Waals surface area contributed by atoms with Crippen LogP contribution in [0, 0.1) is 0 Å². The molecule has 0 radical (unpaired) electrons. The van der Waals surface area contributed by atoms with Gasteiger partial charge in [0.05, 0.1) is 11.9 Å². The number of benzene rings is 1. The summed E-state index contributed by atoms with van der Waals surface area (Å²) in [6, 6.07) is 9.30. The minimum absolute atomic E-state index is 0.207. The van der Waals surface area contributed by atoms with E-state index in [0.717, 1.165) is 24.9 Å². The minimum atomic E-state index is -4.34. The molecule has 0 amide bonds. The first-order valence-corrected chi connectivity index (χ1v) is 6.87. The molecule has 3 rings (SSSR count). The molecule has 1 aromatic heterocycles. The first kappa shape index (κ1) is 14.0. The third kappa shape index (κ3) is 3.20. The van der Waals surface area contributed by atoms with Gasteiger partial charge in [0.15, 0.2) is 12.4 Å². The van der Waals surface area contributed by atoms with Crippen molar-refractivity contribution in [1.29, 1.82) is 0 Å². The van der Waals surface area contributed by atoms with Crippen molar-refractivity contribution in [3.63, 3.8) is 0 Å². The van der Waals surface area contributed by atoms with Crippen molar-refractivity contribution in [3.05, 3.63) is 42.2 Å². The van der Waals surface area contributed by atoms with Crippen molar-refractivity contribution < 1.29 is 17.9 Å². The van der Waals surface area contributed by atoms with Crippen molar-refractivity contribution >= 4 is 0 Å². The molecular formula is C15H15F3N2O. The van der Waals surface area contributed by atoms with Crippen molar-refractivity contribution in [1.82, 2.24) is 9.78 Å². The van der Waals surface area contributed by atoms with E-state index in [0.29, 0.717) is 5.69 Å². The van der Waals surface area contributed by atoms with Gasteiger partial charge in [-0.05, 0) is 25.0 Å². The normalized spacial score (nSPS) is 15.8. The van der Waals surface area contributed by atoms with E-state index in [-0.39, 0.29) is 11.7 Å². The van der Waals surface area contributed by atoms with E-state index in [1.807, 2.05) is 30.3 Å². The number of rotatable bonds is 4. The van der Waals surface area contributed by atoms with E-state index in [4.69, 9.17) is 4.74 Å². The number of alkyl halides is 3. The summed E-state index contributed by atoms with van der Waals surface area (Å²) in [7, 11) is 0. The van der Waals surface area contributed by atoms with Crippen molar-refractivity contribution in [2.75, 3.05) is 6.61 Å². The van der Waals surface area contributed by atoms with Gasteiger partial charge < -0.3 is 4.74 Å². The van der Waals surface area contributed by atoms with Crippen LogP contribution in [0.3, 0.4) is 0 Å². The summed E-state index contributed by atoms with van der Waals surface area (Å²) < 4.78 is 43.6. The van der Waals surface area contributed by atoms with Gasteiger partial charge in [0.25, 0.3) is 0 Å². The van der Waals surface area contributed by atoms with Crippen LogP contribution in [0.1, 0.15) is 30.9 Å². The Balaban J connectivity index is 1.88. The maximum Gasteiger partial charge on any atom is 0.422 e. The number of aromatic nitrogens is 2. The van der Waals surface area contributed by atoms with Crippen molar-refractivity contribution in [2.45, 2.75) is 31.4 Å². The van der Waals surface area contributed by atoms with Gasteiger partial charge in [-0.2, -0.15) is 18.3 Å². The van der Waals surface area contributed by atoms with E-state index < -0.39 is 12.8 Å². The molecule has 0 N–H and O–H groups in total. The lowest BCUT2D eigenvalue weighted by Gasteiger charge is -2.24. The monoisotopic (exact) mass is 296 g/mol. The maximum absolute atomic E-state index is 12.3. The zero-order valence-corrected chi connectivity index (χ0v) is 11.3. The summed E-state index contributed by atoms with van der Waals surface area (Å²) in [6.45, 7) is -1.28. The van der Waals surface area contributed by atoms with Crippen molar-refractivity contribution in [3.8, 4) is 11.4 Å². The number of halogens is 3. The summed E-state index contributed by atoms with van der Waals surface area (Å²) in [5.74, 6) is 0.444. The Morgan fingerprint density at radius 2 is 1.90 bits per heavy atom. The van der Waals surface area contributed by atoms with Crippen LogP contribution in [-0.4, -0.2) is 22.6 Å². The Hall–Kier alpha value is -1.98. The predicted molar refractivity (Wildman–Crippen MR) is 71.7 cm³/mol. The van der Waals surface area contributed by atoms with Gasteiger partial charge in [-0.1, -0.05) is 24.6 Å². The highest BCUT2D eigenvalue weighted by Gasteiger charge is 2.31. The molecule has 1 aromatic carbocycles. The van der Waals surface area contributed by atoms with E-state index in [1.165, 1.54) is 6.20 Å². The molecule has 0 unspecified atom stereocenters. The molecule has 0 aliphatic heterocycles. The SMILES string of the molecule is FC(F)(F)COc1cn(-c2ccccc2)nc1C1CCC1. The summed E-state index contributed by atoms with van der Waals surface area (Å²) >= 11 is 0. The van der Waals surface area contributed by atoms with Crippen LogP contribution < -0.4 is 4.74 Å². The van der Waals surface area contributed by atoms with Gasteiger partial charge in [0.2, 0.25) is 0 Å². The molecule has 3 nitrogen and oxygen atoms in total. The number of hydrogen-bond donors (Lipinski definition) is 0. The third-order valence-corrected chi connectivity index (χ3v) is 3.61. The average molecular weight is 296 g/mol. The molecule has 2 aromatic rings. The second-order valence-corrected chi connectivity index (χ2v) is 5.19. The zero-order chi connectivity index (χ0) is 14.9. The molecule has 21 heavy (non-hydrogen) atoms. The fourth-order valence-corrected chi connectivity index (χ4v) is 2.32. The molecule has 1 heterocycles. The predicted octanol–water partition coefficient (Wildman–Crippen LogP) is 4.08. The Labute approximate surface area is 120 Å². The molecule has 6 heteroatoms. The van der Waals surface area contributed by atoms with Gasteiger partial charge in [0, 0.05) is 5.92 Å². The highest BCUT2D eigenvalue weighted by molar-refractivity contribution is 5.37. The maximum atomic E-state index is 12.3. The molecular weight excluding hydrogens is 281 g/mol. The second-order valence-electron chi connectivity index (χ2n) is 5.19. The molecule has 1 aliphatic rings. The largest absolute Gasteiger partial charge is 0.481 e. The van der Waals surface area contributed by atoms with Gasteiger partial charge in [0.1, 0.15) is 5.69 Å². The van der Waals surface area contributed by atoms with Gasteiger partial charge >= 0.3 is 6.18 Å². The Bertz CT molecular complexity index is 603. The van der Waals surface area contributed by atoms with Crippen LogP contribution >= 0.6 is 0 Å². The zero-order valence-electron chi connectivity index (χ0n) is 11.3. The fourth-order valence-electron chi connectivity index (χ4n) is 2.32. The molecule has 112 valence electrons. The Morgan fingerprint density at radius 3 is 2.48 bits per heavy atom. The van der Waals surface area contributed by atoms with Crippen LogP contribution in [0.2, 0.25) is 0 Å². The molecule has 0 atom stereocenters. The summed E-state index contributed by atoms with van der Waals surface area (Å²) in [4.78, 5) is 0. The third-order valence-electron chi connectivity index (χ3n) is 3.61. The van der Waals surface area contributed by atoms with E-state index in [9.17, 15) is 13.2 Å². The number of para-hydroxylation sites is 1. The molecule has 0 bridgehead atoms.